The number of rotatable bonds is 3. The first-order valence-electron chi connectivity index (χ1n) is 7.98. The highest BCUT2D eigenvalue weighted by Crippen LogP contribution is 2.45. The summed E-state index contributed by atoms with van der Waals surface area (Å²) in [4.78, 5) is 12.3. The van der Waals surface area contributed by atoms with Crippen LogP contribution in [-0.2, 0) is 9.53 Å². The summed E-state index contributed by atoms with van der Waals surface area (Å²) in [5, 5.41) is 10.4. The summed E-state index contributed by atoms with van der Waals surface area (Å²) >= 11 is 0. The van der Waals surface area contributed by atoms with Crippen LogP contribution in [0, 0.1) is 6.92 Å². The van der Waals surface area contributed by atoms with E-state index in [4.69, 9.17) is 4.74 Å². The summed E-state index contributed by atoms with van der Waals surface area (Å²) in [6.07, 6.45) is 4.69. The summed E-state index contributed by atoms with van der Waals surface area (Å²) in [6.45, 7) is 7.82. The third-order valence-electron chi connectivity index (χ3n) is 4.55. The number of hydrogen-bond acceptors (Lipinski definition) is 3. The Kier molecular flexibility index (Phi) is 3.99. The quantitative estimate of drug-likeness (QED) is 0.838. The number of carbonyl (C=O) groups is 1. The molecule has 1 aliphatic carbocycles. The molecule has 1 N–H and O–H groups in total. The van der Waals surface area contributed by atoms with E-state index >= 15 is 0 Å². The molecule has 0 radical (unpaired) electrons. The highest BCUT2D eigenvalue weighted by atomic mass is 16.5. The molecule has 1 aromatic rings. The summed E-state index contributed by atoms with van der Waals surface area (Å²) in [7, 11) is 0. The maximum absolute atomic E-state index is 12.3. The van der Waals surface area contributed by atoms with Gasteiger partial charge < -0.3 is 9.84 Å². The molecule has 1 aromatic carbocycles. The van der Waals surface area contributed by atoms with Crippen LogP contribution in [0.15, 0.2) is 35.6 Å². The van der Waals surface area contributed by atoms with Crippen LogP contribution in [0.1, 0.15) is 62.0 Å². The molecule has 1 aliphatic heterocycles. The van der Waals surface area contributed by atoms with Gasteiger partial charge >= 0.3 is 0 Å². The first-order chi connectivity index (χ1) is 10.9. The Labute approximate surface area is 137 Å². The SMILES string of the molecule is CC(C)=CCCC1=COC2=C(C)C(=O)C(O)c3c(C)ccc1c32. The molecular formula is C20H22O3. The van der Waals surface area contributed by atoms with Gasteiger partial charge in [0.05, 0.1) is 6.26 Å². The van der Waals surface area contributed by atoms with Crippen molar-refractivity contribution in [1.29, 1.82) is 0 Å². The number of hydrogen-bond donors (Lipinski definition) is 1. The van der Waals surface area contributed by atoms with Crippen molar-refractivity contribution in [2.75, 3.05) is 0 Å². The Bertz CT molecular complexity index is 774. The summed E-state index contributed by atoms with van der Waals surface area (Å²) in [6, 6.07) is 4.05. The van der Waals surface area contributed by atoms with E-state index < -0.39 is 6.10 Å². The van der Waals surface area contributed by atoms with Crippen LogP contribution < -0.4 is 0 Å². The van der Waals surface area contributed by atoms with E-state index in [0.717, 1.165) is 35.1 Å². The van der Waals surface area contributed by atoms with E-state index in [-0.39, 0.29) is 5.78 Å². The van der Waals surface area contributed by atoms with Gasteiger partial charge in [0.1, 0.15) is 11.9 Å². The minimum Gasteiger partial charge on any atom is -0.464 e. The number of aliphatic hydroxyl groups is 1. The van der Waals surface area contributed by atoms with E-state index in [2.05, 4.69) is 26.0 Å². The fraction of sp³-hybridized carbons (Fsp3) is 0.350. The molecule has 23 heavy (non-hydrogen) atoms. The molecule has 0 fully saturated rings. The van der Waals surface area contributed by atoms with Gasteiger partial charge in [-0.1, -0.05) is 23.8 Å². The van der Waals surface area contributed by atoms with Gasteiger partial charge in [0.15, 0.2) is 5.78 Å². The molecule has 0 saturated carbocycles. The predicted octanol–water partition coefficient (Wildman–Crippen LogP) is 4.46. The number of carbonyl (C=O) groups excluding carboxylic acids is 1. The van der Waals surface area contributed by atoms with E-state index in [1.54, 1.807) is 13.2 Å². The van der Waals surface area contributed by atoms with Gasteiger partial charge in [-0.25, -0.2) is 0 Å². The van der Waals surface area contributed by atoms with Crippen molar-refractivity contribution in [2.45, 2.75) is 46.6 Å². The predicted molar refractivity (Wildman–Crippen MR) is 91.5 cm³/mol. The fourth-order valence-electron chi connectivity index (χ4n) is 3.27. The molecule has 1 heterocycles. The minimum atomic E-state index is -1.09. The average Bonchev–Trinajstić information content (AvgIpc) is 2.51. The molecule has 0 amide bonds. The zero-order chi connectivity index (χ0) is 16.7. The molecule has 0 saturated heterocycles. The smallest absolute Gasteiger partial charge is 0.195 e. The van der Waals surface area contributed by atoms with Gasteiger partial charge in [-0.05, 0) is 57.2 Å². The van der Waals surface area contributed by atoms with Crippen molar-refractivity contribution in [2.24, 2.45) is 0 Å². The van der Waals surface area contributed by atoms with Crippen molar-refractivity contribution >= 4 is 17.1 Å². The second-order valence-corrected chi connectivity index (χ2v) is 6.52. The number of ether oxygens (including phenoxy) is 1. The molecule has 1 atom stereocenters. The summed E-state index contributed by atoms with van der Waals surface area (Å²) < 4.78 is 5.81. The van der Waals surface area contributed by atoms with E-state index in [1.807, 2.05) is 13.0 Å². The number of allylic oxidation sites excluding steroid dienone is 3. The Hall–Kier alpha value is -2.13. The minimum absolute atomic E-state index is 0.269. The first-order valence-corrected chi connectivity index (χ1v) is 7.98. The van der Waals surface area contributed by atoms with Crippen molar-refractivity contribution in [1.82, 2.24) is 0 Å². The largest absolute Gasteiger partial charge is 0.464 e. The Morgan fingerprint density at radius 1 is 1.30 bits per heavy atom. The molecular weight excluding hydrogens is 288 g/mol. The number of ketones is 1. The molecule has 1 unspecified atom stereocenters. The second-order valence-electron chi connectivity index (χ2n) is 6.52. The van der Waals surface area contributed by atoms with Crippen molar-refractivity contribution in [3.63, 3.8) is 0 Å². The van der Waals surface area contributed by atoms with E-state index in [1.165, 1.54) is 5.57 Å². The first kappa shape index (κ1) is 15.8. The Morgan fingerprint density at radius 2 is 2.04 bits per heavy atom. The molecule has 0 bridgehead atoms. The topological polar surface area (TPSA) is 46.5 Å². The molecule has 3 heteroatoms. The fourth-order valence-corrected chi connectivity index (χ4v) is 3.27. The highest BCUT2D eigenvalue weighted by molar-refractivity contribution is 6.09. The monoisotopic (exact) mass is 310 g/mol. The molecule has 3 rings (SSSR count). The third-order valence-corrected chi connectivity index (χ3v) is 4.55. The number of aliphatic hydroxyl groups excluding tert-OH is 1. The lowest BCUT2D eigenvalue weighted by Gasteiger charge is -2.31. The number of aryl methyl sites for hydroxylation is 1. The average molecular weight is 310 g/mol. The lowest BCUT2D eigenvalue weighted by Crippen LogP contribution is -2.24. The van der Waals surface area contributed by atoms with Gasteiger partial charge in [-0.15, -0.1) is 0 Å². The standard InChI is InChI=1S/C20H22O3/c1-11(2)6-5-7-14-10-23-20-13(4)18(21)19(22)16-12(3)8-9-15(14)17(16)20/h6,8-10,19,22H,5,7H2,1-4H3. The van der Waals surface area contributed by atoms with Gasteiger partial charge in [0, 0.05) is 16.7 Å². The summed E-state index contributed by atoms with van der Waals surface area (Å²) in [5.41, 5.74) is 6.48. The maximum atomic E-state index is 12.3. The molecule has 120 valence electrons. The molecule has 0 spiro atoms. The van der Waals surface area contributed by atoms with Crippen molar-refractivity contribution in [3.8, 4) is 0 Å². The molecule has 0 aromatic heterocycles. The van der Waals surface area contributed by atoms with Gasteiger partial charge in [0.2, 0.25) is 0 Å². The van der Waals surface area contributed by atoms with Gasteiger partial charge in [-0.2, -0.15) is 0 Å². The lowest BCUT2D eigenvalue weighted by atomic mass is 9.80. The van der Waals surface area contributed by atoms with Crippen LogP contribution in [-0.4, -0.2) is 10.9 Å². The van der Waals surface area contributed by atoms with E-state index in [0.29, 0.717) is 16.9 Å². The van der Waals surface area contributed by atoms with Crippen LogP contribution >= 0.6 is 0 Å². The van der Waals surface area contributed by atoms with Crippen LogP contribution in [0.3, 0.4) is 0 Å². The third kappa shape index (κ3) is 2.55. The second kappa shape index (κ2) is 5.82. The normalized spacial score (nSPS) is 19.1. The van der Waals surface area contributed by atoms with Crippen LogP contribution in [0.2, 0.25) is 0 Å². The molecule has 3 nitrogen and oxygen atoms in total. The lowest BCUT2D eigenvalue weighted by molar-refractivity contribution is -0.123. The highest BCUT2D eigenvalue weighted by Gasteiger charge is 2.36. The maximum Gasteiger partial charge on any atom is 0.195 e. The van der Waals surface area contributed by atoms with Crippen molar-refractivity contribution in [3.05, 3.63) is 57.9 Å². The number of benzene rings is 1. The zero-order valence-corrected chi connectivity index (χ0v) is 14.1. The van der Waals surface area contributed by atoms with Gasteiger partial charge in [-0.3, -0.25) is 4.79 Å². The van der Waals surface area contributed by atoms with Crippen LogP contribution in [0.4, 0.5) is 0 Å². The zero-order valence-electron chi connectivity index (χ0n) is 14.1. The Morgan fingerprint density at radius 3 is 2.74 bits per heavy atom. The van der Waals surface area contributed by atoms with Crippen molar-refractivity contribution < 1.29 is 14.6 Å². The van der Waals surface area contributed by atoms with E-state index in [9.17, 15) is 9.90 Å². The number of Topliss-reactive ketones (excluding diaryl/α,β-unsaturated/α-hetero) is 1. The van der Waals surface area contributed by atoms with Crippen LogP contribution in [0.5, 0.6) is 0 Å². The Balaban J connectivity index is 2.11. The van der Waals surface area contributed by atoms with Gasteiger partial charge in [0.25, 0.3) is 0 Å². The molecule has 2 aliphatic rings. The summed E-state index contributed by atoms with van der Waals surface area (Å²) in [5.74, 6) is 0.328. The van der Waals surface area contributed by atoms with Crippen LogP contribution in [0.25, 0.3) is 11.3 Å².